The molecule has 4 rings (SSSR count). The van der Waals surface area contributed by atoms with Gasteiger partial charge in [-0.2, -0.15) is 5.10 Å². The molecule has 2 aromatic heterocycles. The average Bonchev–Trinajstić information content (AvgIpc) is 2.75. The van der Waals surface area contributed by atoms with Crippen LogP contribution in [0.2, 0.25) is 0 Å². The van der Waals surface area contributed by atoms with Crippen LogP contribution in [0.5, 0.6) is 0 Å². The number of hydrogen-bond donors (Lipinski definition) is 2. The average molecular weight is 388 g/mol. The number of carbonyl (C=O) groups excluding carboxylic acids is 1. The predicted molar refractivity (Wildman–Crippen MR) is 113 cm³/mol. The van der Waals surface area contributed by atoms with Gasteiger partial charge in [-0.3, -0.25) is 14.6 Å². The number of H-pyrrole nitrogens is 1. The minimum atomic E-state index is -0.0819. The maximum atomic E-state index is 12.3. The lowest BCUT2D eigenvalue weighted by Gasteiger charge is -2.17. The molecule has 1 amide bonds. The summed E-state index contributed by atoms with van der Waals surface area (Å²) < 4.78 is 0. The van der Waals surface area contributed by atoms with Crippen molar-refractivity contribution < 1.29 is 4.79 Å². The number of nitrogens with one attached hydrogen (secondary N) is 2. The SMILES string of the molecule is O=C(CCCc1cccnc1)Nc1cccc(-c2n[nH]c(=O)c3c2CCCC3)c1. The van der Waals surface area contributed by atoms with Gasteiger partial charge < -0.3 is 5.32 Å². The van der Waals surface area contributed by atoms with Crippen molar-refractivity contribution in [3.63, 3.8) is 0 Å². The van der Waals surface area contributed by atoms with Crippen molar-refractivity contribution in [1.82, 2.24) is 15.2 Å². The van der Waals surface area contributed by atoms with Gasteiger partial charge in [0, 0.05) is 35.6 Å². The number of anilines is 1. The minimum absolute atomic E-state index is 0.0116. The Hall–Kier alpha value is -3.28. The fourth-order valence-electron chi connectivity index (χ4n) is 3.86. The smallest absolute Gasteiger partial charge is 0.267 e. The number of carbonyl (C=O) groups is 1. The van der Waals surface area contributed by atoms with Crippen LogP contribution in [0, 0.1) is 0 Å². The summed E-state index contributed by atoms with van der Waals surface area (Å²) in [4.78, 5) is 28.5. The molecule has 148 valence electrons. The molecule has 0 aliphatic heterocycles. The number of hydrogen-bond acceptors (Lipinski definition) is 4. The molecule has 0 radical (unpaired) electrons. The second kappa shape index (κ2) is 8.82. The molecule has 6 nitrogen and oxygen atoms in total. The highest BCUT2D eigenvalue weighted by atomic mass is 16.1. The van der Waals surface area contributed by atoms with E-state index in [0.717, 1.165) is 72.2 Å². The maximum Gasteiger partial charge on any atom is 0.267 e. The molecule has 2 N–H and O–H groups in total. The number of benzene rings is 1. The standard InChI is InChI=1S/C23H24N4O2/c28-21(12-3-6-16-7-5-13-24-15-16)25-18-9-4-8-17(14-18)22-19-10-1-2-11-20(19)23(29)27-26-22/h4-5,7-9,13-15H,1-3,6,10-12H2,(H,25,28)(H,27,29). The summed E-state index contributed by atoms with van der Waals surface area (Å²) >= 11 is 0. The molecular weight excluding hydrogens is 364 g/mol. The Morgan fingerprint density at radius 2 is 1.97 bits per heavy atom. The van der Waals surface area contributed by atoms with Crippen LogP contribution in [-0.2, 0) is 24.1 Å². The van der Waals surface area contributed by atoms with Crippen LogP contribution in [0.4, 0.5) is 5.69 Å². The monoisotopic (exact) mass is 388 g/mol. The normalized spacial score (nSPS) is 13.0. The van der Waals surface area contributed by atoms with E-state index in [1.165, 1.54) is 0 Å². The van der Waals surface area contributed by atoms with Crippen molar-refractivity contribution in [2.45, 2.75) is 44.9 Å². The molecular formula is C23H24N4O2. The van der Waals surface area contributed by atoms with Gasteiger partial charge >= 0.3 is 0 Å². The molecule has 29 heavy (non-hydrogen) atoms. The van der Waals surface area contributed by atoms with Gasteiger partial charge in [0.25, 0.3) is 5.56 Å². The van der Waals surface area contributed by atoms with Gasteiger partial charge in [0.15, 0.2) is 0 Å². The number of aromatic amines is 1. The molecule has 0 spiro atoms. The summed E-state index contributed by atoms with van der Waals surface area (Å²) in [5.41, 5.74) is 5.41. The van der Waals surface area contributed by atoms with Crippen molar-refractivity contribution >= 4 is 11.6 Å². The summed E-state index contributed by atoms with van der Waals surface area (Å²) in [6.45, 7) is 0. The highest BCUT2D eigenvalue weighted by Gasteiger charge is 2.19. The Kier molecular flexibility index (Phi) is 5.79. The Labute approximate surface area is 169 Å². The summed E-state index contributed by atoms with van der Waals surface area (Å²) in [5, 5.41) is 9.92. The zero-order valence-electron chi connectivity index (χ0n) is 16.3. The second-order valence-electron chi connectivity index (χ2n) is 7.41. The highest BCUT2D eigenvalue weighted by Crippen LogP contribution is 2.29. The van der Waals surface area contributed by atoms with E-state index in [0.29, 0.717) is 6.42 Å². The van der Waals surface area contributed by atoms with E-state index >= 15 is 0 Å². The van der Waals surface area contributed by atoms with Gasteiger partial charge in [0.1, 0.15) is 0 Å². The van der Waals surface area contributed by atoms with Crippen molar-refractivity contribution in [2.75, 3.05) is 5.32 Å². The van der Waals surface area contributed by atoms with E-state index in [9.17, 15) is 9.59 Å². The van der Waals surface area contributed by atoms with E-state index in [4.69, 9.17) is 0 Å². The lowest BCUT2D eigenvalue weighted by Crippen LogP contribution is -2.21. The summed E-state index contributed by atoms with van der Waals surface area (Å²) in [6, 6.07) is 11.6. The van der Waals surface area contributed by atoms with E-state index < -0.39 is 0 Å². The van der Waals surface area contributed by atoms with Crippen LogP contribution in [0.3, 0.4) is 0 Å². The molecule has 0 bridgehead atoms. The molecule has 1 aliphatic rings. The van der Waals surface area contributed by atoms with E-state index in [2.05, 4.69) is 20.5 Å². The first kappa shape index (κ1) is 19.1. The zero-order chi connectivity index (χ0) is 20.1. The third-order valence-corrected chi connectivity index (χ3v) is 5.31. The van der Waals surface area contributed by atoms with Crippen LogP contribution in [0.15, 0.2) is 53.6 Å². The highest BCUT2D eigenvalue weighted by molar-refractivity contribution is 5.91. The van der Waals surface area contributed by atoms with Gasteiger partial charge in [0.05, 0.1) is 5.69 Å². The molecule has 0 atom stereocenters. The first-order valence-corrected chi connectivity index (χ1v) is 10.1. The van der Waals surface area contributed by atoms with Gasteiger partial charge in [-0.15, -0.1) is 0 Å². The number of fused-ring (bicyclic) bond motifs is 1. The third-order valence-electron chi connectivity index (χ3n) is 5.31. The van der Waals surface area contributed by atoms with Crippen molar-refractivity contribution in [3.05, 3.63) is 75.8 Å². The molecule has 0 unspecified atom stereocenters. The van der Waals surface area contributed by atoms with Crippen LogP contribution >= 0.6 is 0 Å². The molecule has 0 saturated heterocycles. The van der Waals surface area contributed by atoms with Crippen molar-refractivity contribution in [1.29, 1.82) is 0 Å². The fourth-order valence-corrected chi connectivity index (χ4v) is 3.86. The lowest BCUT2D eigenvalue weighted by atomic mass is 9.90. The van der Waals surface area contributed by atoms with Crippen LogP contribution in [0.1, 0.15) is 42.4 Å². The quantitative estimate of drug-likeness (QED) is 0.674. The van der Waals surface area contributed by atoms with E-state index in [-0.39, 0.29) is 11.5 Å². The Morgan fingerprint density at radius 3 is 2.79 bits per heavy atom. The number of rotatable bonds is 6. The lowest BCUT2D eigenvalue weighted by molar-refractivity contribution is -0.116. The predicted octanol–water partition coefficient (Wildman–Crippen LogP) is 3.67. The van der Waals surface area contributed by atoms with Crippen molar-refractivity contribution in [3.8, 4) is 11.3 Å². The summed E-state index contributed by atoms with van der Waals surface area (Å²) in [6.07, 6.45) is 9.40. The summed E-state index contributed by atoms with van der Waals surface area (Å²) in [5.74, 6) is -0.0116. The zero-order valence-corrected chi connectivity index (χ0v) is 16.3. The number of aromatic nitrogens is 3. The van der Waals surface area contributed by atoms with Crippen molar-refractivity contribution in [2.24, 2.45) is 0 Å². The third kappa shape index (κ3) is 4.59. The summed E-state index contributed by atoms with van der Waals surface area (Å²) in [7, 11) is 0. The molecule has 3 aromatic rings. The van der Waals surface area contributed by atoms with E-state index in [1.54, 1.807) is 6.20 Å². The number of nitrogens with zero attached hydrogens (tertiary/aromatic N) is 2. The topological polar surface area (TPSA) is 87.7 Å². The molecule has 1 aliphatic carbocycles. The number of pyridine rings is 1. The number of amides is 1. The largest absolute Gasteiger partial charge is 0.326 e. The first-order valence-electron chi connectivity index (χ1n) is 10.1. The van der Waals surface area contributed by atoms with Crippen LogP contribution in [0.25, 0.3) is 11.3 Å². The first-order chi connectivity index (χ1) is 14.2. The second-order valence-corrected chi connectivity index (χ2v) is 7.41. The Bertz CT molecular complexity index is 1060. The fraction of sp³-hybridized carbons (Fsp3) is 0.304. The Morgan fingerprint density at radius 1 is 1.10 bits per heavy atom. The minimum Gasteiger partial charge on any atom is -0.326 e. The molecule has 0 saturated carbocycles. The molecule has 6 heteroatoms. The van der Waals surface area contributed by atoms with Gasteiger partial charge in [-0.05, 0) is 67.9 Å². The molecule has 0 fully saturated rings. The van der Waals surface area contributed by atoms with Crippen LogP contribution < -0.4 is 10.9 Å². The van der Waals surface area contributed by atoms with Gasteiger partial charge in [-0.25, -0.2) is 5.10 Å². The number of aryl methyl sites for hydroxylation is 1. The maximum absolute atomic E-state index is 12.3. The molecule has 1 aromatic carbocycles. The van der Waals surface area contributed by atoms with Crippen LogP contribution in [-0.4, -0.2) is 21.1 Å². The molecule has 2 heterocycles. The van der Waals surface area contributed by atoms with E-state index in [1.807, 2.05) is 42.6 Å². The van der Waals surface area contributed by atoms with Gasteiger partial charge in [-0.1, -0.05) is 18.2 Å². The van der Waals surface area contributed by atoms with Gasteiger partial charge in [0.2, 0.25) is 5.91 Å². The Balaban J connectivity index is 1.44.